The number of hydrogen-bond donors (Lipinski definition) is 3. The van der Waals surface area contributed by atoms with E-state index in [0.717, 1.165) is 24.8 Å². The molecule has 0 aliphatic rings. The lowest BCUT2D eigenvalue weighted by Gasteiger charge is -2.11. The Morgan fingerprint density at radius 1 is 1.04 bits per heavy atom. The molecule has 27 heavy (non-hydrogen) atoms. The van der Waals surface area contributed by atoms with Crippen molar-refractivity contribution in [2.45, 2.75) is 32.6 Å². The molecular formula is C21H27NO5. The zero-order valence-electron chi connectivity index (χ0n) is 15.8. The van der Waals surface area contributed by atoms with E-state index in [1.54, 1.807) is 30.3 Å². The van der Waals surface area contributed by atoms with Crippen molar-refractivity contribution in [2.24, 2.45) is 0 Å². The van der Waals surface area contributed by atoms with E-state index in [2.05, 4.69) is 12.2 Å². The number of ether oxygens (including phenoxy) is 2. The fourth-order valence-corrected chi connectivity index (χ4v) is 2.61. The van der Waals surface area contributed by atoms with Gasteiger partial charge in [0.05, 0.1) is 13.7 Å². The second-order valence-corrected chi connectivity index (χ2v) is 6.25. The monoisotopic (exact) mass is 373 g/mol. The van der Waals surface area contributed by atoms with Crippen LogP contribution in [-0.4, -0.2) is 36.4 Å². The van der Waals surface area contributed by atoms with Crippen molar-refractivity contribution in [3.8, 4) is 23.0 Å². The molecule has 0 radical (unpaired) electrons. The van der Waals surface area contributed by atoms with Crippen molar-refractivity contribution in [3.05, 3.63) is 47.5 Å². The minimum absolute atomic E-state index is 0.0271. The van der Waals surface area contributed by atoms with Gasteiger partial charge in [0, 0.05) is 12.1 Å². The highest BCUT2D eigenvalue weighted by Gasteiger charge is 2.10. The number of carbonyl (C=O) groups is 1. The Balaban J connectivity index is 1.90. The maximum atomic E-state index is 12.3. The van der Waals surface area contributed by atoms with Gasteiger partial charge in [-0.2, -0.15) is 0 Å². The minimum atomic E-state index is -0.237. The minimum Gasteiger partial charge on any atom is -0.504 e. The Bertz CT molecular complexity index is 760. The first-order valence-corrected chi connectivity index (χ1v) is 9.15. The summed E-state index contributed by atoms with van der Waals surface area (Å²) in [6.45, 7) is 3.05. The average molecular weight is 373 g/mol. The van der Waals surface area contributed by atoms with Gasteiger partial charge in [0.25, 0.3) is 5.91 Å². The Labute approximate surface area is 159 Å². The highest BCUT2D eigenvalue weighted by Crippen LogP contribution is 2.28. The van der Waals surface area contributed by atoms with E-state index >= 15 is 0 Å². The molecule has 0 saturated heterocycles. The van der Waals surface area contributed by atoms with Gasteiger partial charge in [0.1, 0.15) is 0 Å². The SMILES string of the molecule is CCCCCOc1cc(C(=O)NCCc2ccc(O)c(OC)c2)ccc1O. The van der Waals surface area contributed by atoms with Crippen LogP contribution in [0, 0.1) is 0 Å². The number of aromatic hydroxyl groups is 2. The van der Waals surface area contributed by atoms with Crippen LogP contribution in [0.1, 0.15) is 42.1 Å². The Hall–Kier alpha value is -2.89. The number of amides is 1. The largest absolute Gasteiger partial charge is 0.504 e. The summed E-state index contributed by atoms with van der Waals surface area (Å²) in [5.41, 5.74) is 1.37. The molecule has 0 spiro atoms. The summed E-state index contributed by atoms with van der Waals surface area (Å²) in [6, 6.07) is 9.68. The smallest absolute Gasteiger partial charge is 0.251 e. The van der Waals surface area contributed by atoms with Crippen LogP contribution in [0.25, 0.3) is 0 Å². The predicted molar refractivity (Wildman–Crippen MR) is 104 cm³/mol. The van der Waals surface area contributed by atoms with Crippen LogP contribution < -0.4 is 14.8 Å². The van der Waals surface area contributed by atoms with Crippen molar-refractivity contribution in [1.29, 1.82) is 0 Å². The highest BCUT2D eigenvalue weighted by atomic mass is 16.5. The number of benzene rings is 2. The summed E-state index contributed by atoms with van der Waals surface area (Å²) in [5.74, 6) is 0.600. The Kier molecular flexibility index (Phi) is 7.79. The molecule has 2 aromatic carbocycles. The van der Waals surface area contributed by atoms with Crippen molar-refractivity contribution in [3.63, 3.8) is 0 Å². The van der Waals surface area contributed by atoms with E-state index in [4.69, 9.17) is 9.47 Å². The number of unbranched alkanes of at least 4 members (excludes halogenated alkanes) is 2. The maximum absolute atomic E-state index is 12.3. The molecule has 0 bridgehead atoms. The topological polar surface area (TPSA) is 88.0 Å². The molecule has 6 nitrogen and oxygen atoms in total. The van der Waals surface area contributed by atoms with Crippen LogP contribution in [0.2, 0.25) is 0 Å². The molecule has 3 N–H and O–H groups in total. The lowest BCUT2D eigenvalue weighted by molar-refractivity contribution is 0.0953. The third kappa shape index (κ3) is 6.09. The molecule has 1 amide bonds. The molecule has 0 saturated carbocycles. The van der Waals surface area contributed by atoms with Gasteiger partial charge >= 0.3 is 0 Å². The predicted octanol–water partition coefficient (Wildman–Crippen LogP) is 3.65. The van der Waals surface area contributed by atoms with Crippen LogP contribution in [0.3, 0.4) is 0 Å². The molecule has 0 fully saturated rings. The van der Waals surface area contributed by atoms with Gasteiger partial charge in [-0.3, -0.25) is 4.79 Å². The van der Waals surface area contributed by atoms with Crippen LogP contribution in [0.5, 0.6) is 23.0 Å². The summed E-state index contributed by atoms with van der Waals surface area (Å²) in [4.78, 5) is 12.3. The molecular weight excluding hydrogens is 346 g/mol. The van der Waals surface area contributed by atoms with E-state index in [1.165, 1.54) is 13.2 Å². The highest BCUT2D eigenvalue weighted by molar-refractivity contribution is 5.94. The average Bonchev–Trinajstić information content (AvgIpc) is 2.67. The van der Waals surface area contributed by atoms with Crippen LogP contribution in [0.15, 0.2) is 36.4 Å². The summed E-state index contributed by atoms with van der Waals surface area (Å²) in [5, 5.41) is 22.3. The number of carbonyl (C=O) groups excluding carboxylic acids is 1. The van der Waals surface area contributed by atoms with E-state index in [1.807, 2.05) is 0 Å². The second kappa shape index (κ2) is 10.3. The van der Waals surface area contributed by atoms with Crippen LogP contribution in [0.4, 0.5) is 0 Å². The Morgan fingerprint density at radius 2 is 1.78 bits per heavy atom. The van der Waals surface area contributed by atoms with Gasteiger partial charge in [0.15, 0.2) is 23.0 Å². The number of nitrogens with one attached hydrogen (secondary N) is 1. The fraction of sp³-hybridized carbons (Fsp3) is 0.381. The van der Waals surface area contributed by atoms with E-state index in [0.29, 0.717) is 36.6 Å². The third-order valence-electron chi connectivity index (χ3n) is 4.17. The van der Waals surface area contributed by atoms with Crippen LogP contribution in [-0.2, 0) is 6.42 Å². The lowest BCUT2D eigenvalue weighted by Crippen LogP contribution is -2.25. The second-order valence-electron chi connectivity index (χ2n) is 6.25. The normalized spacial score (nSPS) is 10.4. The quantitative estimate of drug-likeness (QED) is 0.553. The molecule has 2 aromatic rings. The maximum Gasteiger partial charge on any atom is 0.251 e. The first-order chi connectivity index (χ1) is 13.0. The molecule has 0 unspecified atom stereocenters. The van der Waals surface area contributed by atoms with Crippen molar-refractivity contribution < 1.29 is 24.5 Å². The number of phenols is 2. The molecule has 0 heterocycles. The zero-order valence-corrected chi connectivity index (χ0v) is 15.8. The molecule has 146 valence electrons. The lowest BCUT2D eigenvalue weighted by atomic mass is 10.1. The standard InChI is InChI=1S/C21H27NO5/c1-3-4-5-12-27-20-14-16(7-9-18(20)24)21(25)22-11-10-15-6-8-17(23)19(13-15)26-2/h6-9,13-14,23-24H,3-5,10-12H2,1-2H3,(H,22,25). The summed E-state index contributed by atoms with van der Waals surface area (Å²) in [6.07, 6.45) is 3.65. The van der Waals surface area contributed by atoms with E-state index < -0.39 is 0 Å². The van der Waals surface area contributed by atoms with Gasteiger partial charge in [-0.15, -0.1) is 0 Å². The van der Waals surface area contributed by atoms with Gasteiger partial charge in [-0.1, -0.05) is 25.8 Å². The summed E-state index contributed by atoms with van der Waals surface area (Å²) >= 11 is 0. The van der Waals surface area contributed by atoms with Gasteiger partial charge in [-0.25, -0.2) is 0 Å². The number of hydrogen-bond acceptors (Lipinski definition) is 5. The summed E-state index contributed by atoms with van der Waals surface area (Å²) < 4.78 is 10.7. The molecule has 0 aliphatic heterocycles. The molecule has 2 rings (SSSR count). The van der Waals surface area contributed by atoms with Gasteiger partial charge in [0.2, 0.25) is 0 Å². The first kappa shape index (κ1) is 20.4. The van der Waals surface area contributed by atoms with Gasteiger partial charge < -0.3 is 25.0 Å². The van der Waals surface area contributed by atoms with Crippen LogP contribution >= 0.6 is 0 Å². The van der Waals surface area contributed by atoms with Crippen molar-refractivity contribution >= 4 is 5.91 Å². The van der Waals surface area contributed by atoms with E-state index in [9.17, 15) is 15.0 Å². The fourth-order valence-electron chi connectivity index (χ4n) is 2.61. The Morgan fingerprint density at radius 3 is 2.52 bits per heavy atom. The molecule has 0 aromatic heterocycles. The first-order valence-electron chi connectivity index (χ1n) is 9.15. The third-order valence-corrected chi connectivity index (χ3v) is 4.17. The van der Waals surface area contributed by atoms with Crippen molar-refractivity contribution in [1.82, 2.24) is 5.32 Å². The van der Waals surface area contributed by atoms with Gasteiger partial charge in [-0.05, 0) is 48.7 Å². The zero-order chi connectivity index (χ0) is 19.6. The molecule has 6 heteroatoms. The number of rotatable bonds is 10. The summed E-state index contributed by atoms with van der Waals surface area (Å²) in [7, 11) is 1.49. The van der Waals surface area contributed by atoms with Crippen molar-refractivity contribution in [2.75, 3.05) is 20.3 Å². The molecule has 0 aliphatic carbocycles. The number of phenolic OH excluding ortho intramolecular Hbond substituents is 2. The molecule has 0 atom stereocenters. The van der Waals surface area contributed by atoms with E-state index in [-0.39, 0.29) is 17.4 Å². The number of methoxy groups -OCH3 is 1.